The van der Waals surface area contributed by atoms with Gasteiger partial charge in [-0.2, -0.15) is 0 Å². The number of rotatable bonds is 10. The Morgan fingerprint density at radius 1 is 1.25 bits per heavy atom. The van der Waals surface area contributed by atoms with E-state index in [2.05, 4.69) is 36.0 Å². The Labute approximate surface area is 123 Å². The molecule has 1 rings (SSSR count). The van der Waals surface area contributed by atoms with Crippen molar-refractivity contribution in [1.29, 1.82) is 0 Å². The van der Waals surface area contributed by atoms with E-state index in [-0.39, 0.29) is 0 Å². The summed E-state index contributed by atoms with van der Waals surface area (Å²) in [6.07, 6.45) is 3.06. The molecule has 20 heavy (non-hydrogen) atoms. The number of nitrogens with zero attached hydrogens (tertiary/aromatic N) is 2. The van der Waals surface area contributed by atoms with Crippen LogP contribution in [0.25, 0.3) is 0 Å². The SMILES string of the molecule is CCCNCc1cnc(C)cc1OCCN(CC)CC. The van der Waals surface area contributed by atoms with Gasteiger partial charge in [-0.25, -0.2) is 0 Å². The Kier molecular flexibility index (Phi) is 8.23. The zero-order valence-electron chi connectivity index (χ0n) is 13.4. The van der Waals surface area contributed by atoms with E-state index in [9.17, 15) is 0 Å². The van der Waals surface area contributed by atoms with Gasteiger partial charge in [-0.15, -0.1) is 0 Å². The van der Waals surface area contributed by atoms with Crippen molar-refractivity contribution in [3.05, 3.63) is 23.5 Å². The van der Waals surface area contributed by atoms with Crippen molar-refractivity contribution < 1.29 is 4.74 Å². The van der Waals surface area contributed by atoms with Gasteiger partial charge in [-0.1, -0.05) is 20.8 Å². The van der Waals surface area contributed by atoms with Gasteiger partial charge < -0.3 is 15.0 Å². The average molecular weight is 279 g/mol. The third-order valence-corrected chi connectivity index (χ3v) is 3.38. The van der Waals surface area contributed by atoms with Crippen molar-refractivity contribution in [2.75, 3.05) is 32.8 Å². The number of aromatic nitrogens is 1. The molecule has 0 saturated carbocycles. The second kappa shape index (κ2) is 9.72. The number of hydrogen-bond donors (Lipinski definition) is 1. The quantitative estimate of drug-likeness (QED) is 0.668. The minimum Gasteiger partial charge on any atom is -0.492 e. The van der Waals surface area contributed by atoms with Crippen molar-refractivity contribution in [3.8, 4) is 5.75 Å². The average Bonchev–Trinajstić information content (AvgIpc) is 2.46. The van der Waals surface area contributed by atoms with Gasteiger partial charge in [0.2, 0.25) is 0 Å². The zero-order chi connectivity index (χ0) is 14.8. The van der Waals surface area contributed by atoms with Crippen LogP contribution in [0, 0.1) is 6.92 Å². The molecule has 0 saturated heterocycles. The highest BCUT2D eigenvalue weighted by Gasteiger charge is 2.06. The van der Waals surface area contributed by atoms with E-state index in [0.29, 0.717) is 0 Å². The minimum atomic E-state index is 0.728. The summed E-state index contributed by atoms with van der Waals surface area (Å²) in [5.74, 6) is 0.966. The normalized spacial score (nSPS) is 11.1. The molecule has 4 nitrogen and oxygen atoms in total. The number of hydrogen-bond acceptors (Lipinski definition) is 4. The smallest absolute Gasteiger partial charge is 0.127 e. The van der Waals surface area contributed by atoms with Crippen LogP contribution in [0.4, 0.5) is 0 Å². The topological polar surface area (TPSA) is 37.4 Å². The van der Waals surface area contributed by atoms with Gasteiger partial charge in [-0.05, 0) is 33.0 Å². The first-order valence-electron chi connectivity index (χ1n) is 7.72. The lowest BCUT2D eigenvalue weighted by molar-refractivity contribution is 0.221. The second-order valence-corrected chi connectivity index (χ2v) is 4.99. The molecule has 0 radical (unpaired) electrons. The minimum absolute atomic E-state index is 0.728. The lowest BCUT2D eigenvalue weighted by Gasteiger charge is -2.19. The first-order chi connectivity index (χ1) is 9.71. The van der Waals surface area contributed by atoms with E-state index in [4.69, 9.17) is 4.74 Å². The molecule has 4 heteroatoms. The standard InChI is InChI=1S/C16H29N3O/c1-5-8-17-12-15-13-18-14(4)11-16(15)20-10-9-19(6-2)7-3/h11,13,17H,5-10,12H2,1-4H3. The van der Waals surface area contributed by atoms with Gasteiger partial charge in [0.15, 0.2) is 0 Å². The molecule has 1 heterocycles. The number of aryl methyl sites for hydroxylation is 1. The molecule has 0 aliphatic carbocycles. The number of pyridine rings is 1. The lowest BCUT2D eigenvalue weighted by atomic mass is 10.2. The first-order valence-corrected chi connectivity index (χ1v) is 7.72. The lowest BCUT2D eigenvalue weighted by Crippen LogP contribution is -2.28. The fourth-order valence-electron chi connectivity index (χ4n) is 2.05. The van der Waals surface area contributed by atoms with Crippen molar-refractivity contribution in [2.45, 2.75) is 40.7 Å². The molecular formula is C16H29N3O. The molecule has 0 aromatic carbocycles. The van der Waals surface area contributed by atoms with Gasteiger partial charge in [0.1, 0.15) is 12.4 Å². The maximum atomic E-state index is 5.96. The molecule has 1 aromatic heterocycles. The summed E-state index contributed by atoms with van der Waals surface area (Å²) in [6.45, 7) is 14.2. The summed E-state index contributed by atoms with van der Waals surface area (Å²) >= 11 is 0. The van der Waals surface area contributed by atoms with Crippen LogP contribution in [0.1, 0.15) is 38.4 Å². The van der Waals surface area contributed by atoms with Crippen molar-refractivity contribution >= 4 is 0 Å². The molecule has 0 fully saturated rings. The van der Waals surface area contributed by atoms with Crippen LogP contribution in [0.2, 0.25) is 0 Å². The Morgan fingerprint density at radius 2 is 2.00 bits per heavy atom. The van der Waals surface area contributed by atoms with Crippen LogP contribution in [0.3, 0.4) is 0 Å². The summed E-state index contributed by atoms with van der Waals surface area (Å²) in [7, 11) is 0. The van der Waals surface area contributed by atoms with E-state index in [0.717, 1.165) is 62.8 Å². The molecule has 0 spiro atoms. The van der Waals surface area contributed by atoms with Crippen LogP contribution >= 0.6 is 0 Å². The first kappa shape index (κ1) is 16.9. The Morgan fingerprint density at radius 3 is 2.65 bits per heavy atom. The maximum absolute atomic E-state index is 5.96. The number of likely N-dealkylation sites (N-methyl/N-ethyl adjacent to an activating group) is 1. The highest BCUT2D eigenvalue weighted by atomic mass is 16.5. The Balaban J connectivity index is 2.55. The van der Waals surface area contributed by atoms with Gasteiger partial charge in [0.25, 0.3) is 0 Å². The highest BCUT2D eigenvalue weighted by Crippen LogP contribution is 2.18. The van der Waals surface area contributed by atoms with Gasteiger partial charge in [-0.3, -0.25) is 4.98 Å². The monoisotopic (exact) mass is 279 g/mol. The maximum Gasteiger partial charge on any atom is 0.127 e. The predicted octanol–water partition coefficient (Wildman–Crippen LogP) is 2.61. The molecule has 1 aromatic rings. The molecule has 114 valence electrons. The molecule has 0 atom stereocenters. The van der Waals surface area contributed by atoms with E-state index in [1.54, 1.807) is 0 Å². The predicted molar refractivity (Wildman–Crippen MR) is 84.3 cm³/mol. The number of nitrogens with one attached hydrogen (secondary N) is 1. The zero-order valence-corrected chi connectivity index (χ0v) is 13.4. The van der Waals surface area contributed by atoms with Gasteiger partial charge in [0, 0.05) is 36.6 Å². The molecule has 0 bridgehead atoms. The molecule has 0 amide bonds. The van der Waals surface area contributed by atoms with Crippen molar-refractivity contribution in [3.63, 3.8) is 0 Å². The Bertz CT molecular complexity index is 378. The molecule has 0 unspecified atom stereocenters. The molecular weight excluding hydrogens is 250 g/mol. The van der Waals surface area contributed by atoms with Gasteiger partial charge >= 0.3 is 0 Å². The van der Waals surface area contributed by atoms with E-state index < -0.39 is 0 Å². The highest BCUT2D eigenvalue weighted by molar-refractivity contribution is 5.32. The fraction of sp³-hybridized carbons (Fsp3) is 0.688. The van der Waals surface area contributed by atoms with E-state index >= 15 is 0 Å². The second-order valence-electron chi connectivity index (χ2n) is 4.99. The Hall–Kier alpha value is -1.13. The molecule has 0 aliphatic rings. The van der Waals surface area contributed by atoms with Crippen molar-refractivity contribution in [2.24, 2.45) is 0 Å². The summed E-state index contributed by atoms with van der Waals surface area (Å²) in [4.78, 5) is 6.73. The van der Waals surface area contributed by atoms with Crippen LogP contribution < -0.4 is 10.1 Å². The van der Waals surface area contributed by atoms with Crippen molar-refractivity contribution in [1.82, 2.24) is 15.2 Å². The summed E-state index contributed by atoms with van der Waals surface area (Å²) in [5.41, 5.74) is 2.14. The van der Waals surface area contributed by atoms with Crippen LogP contribution in [-0.4, -0.2) is 42.7 Å². The summed E-state index contributed by atoms with van der Waals surface area (Å²) < 4.78 is 5.96. The molecule has 1 N–H and O–H groups in total. The fourth-order valence-corrected chi connectivity index (χ4v) is 2.05. The summed E-state index contributed by atoms with van der Waals surface area (Å²) in [5, 5.41) is 3.40. The van der Waals surface area contributed by atoms with E-state index in [1.807, 2.05) is 19.2 Å². The van der Waals surface area contributed by atoms with Crippen LogP contribution in [0.15, 0.2) is 12.3 Å². The van der Waals surface area contributed by atoms with E-state index in [1.165, 1.54) is 0 Å². The van der Waals surface area contributed by atoms with Crippen LogP contribution in [0.5, 0.6) is 5.75 Å². The third kappa shape index (κ3) is 5.88. The van der Waals surface area contributed by atoms with Crippen LogP contribution in [-0.2, 0) is 6.54 Å². The van der Waals surface area contributed by atoms with Gasteiger partial charge in [0.05, 0.1) is 0 Å². The third-order valence-electron chi connectivity index (χ3n) is 3.38. The molecule has 0 aliphatic heterocycles. The largest absolute Gasteiger partial charge is 0.492 e. The summed E-state index contributed by atoms with van der Waals surface area (Å²) in [6, 6.07) is 2.03. The number of ether oxygens (including phenoxy) is 1.